The monoisotopic (exact) mass is 406 g/mol. The third kappa shape index (κ3) is 3.71. The minimum Gasteiger partial charge on any atom is -0.496 e. The maximum Gasteiger partial charge on any atom is 0.331 e. The van der Waals surface area contributed by atoms with Crippen LogP contribution in [-0.2, 0) is 13.0 Å². The molecule has 2 aromatic carbocycles. The summed E-state index contributed by atoms with van der Waals surface area (Å²) in [4.78, 5) is 27.1. The van der Waals surface area contributed by atoms with Gasteiger partial charge in [0, 0.05) is 18.5 Å². The standard InChI is InChI=1S/C22H22N4O4/c1-30-18-10-6-5-9-15(18)16-13-17(25-24-16)19-20(27)23-22(29)26(21(19)28)12-11-14-7-3-2-4-8-14/h2-10,16,24,28H,11-13H2,1H3,(H,23,27,29)/t16-/m1/s1. The molecule has 154 valence electrons. The molecule has 8 nitrogen and oxygen atoms in total. The van der Waals surface area contributed by atoms with Crippen LogP contribution in [0.1, 0.15) is 29.2 Å². The number of hydrogen-bond acceptors (Lipinski definition) is 6. The van der Waals surface area contributed by atoms with Crippen molar-refractivity contribution in [3.8, 4) is 11.6 Å². The first-order chi connectivity index (χ1) is 14.6. The van der Waals surface area contributed by atoms with E-state index in [1.165, 1.54) is 4.57 Å². The second-order valence-electron chi connectivity index (χ2n) is 7.03. The SMILES string of the molecule is COc1ccccc1[C@H]1CC(c2c(O)n(CCc3ccccc3)c(=O)[nH]c2=O)=NN1. The van der Waals surface area contributed by atoms with E-state index < -0.39 is 11.2 Å². The Balaban J connectivity index is 1.62. The number of aromatic hydroxyl groups is 1. The lowest BCUT2D eigenvalue weighted by molar-refractivity contribution is 0.399. The number of aromatic nitrogens is 2. The number of H-pyrrole nitrogens is 1. The number of hydrogen-bond donors (Lipinski definition) is 3. The molecule has 0 aliphatic carbocycles. The fraction of sp³-hybridized carbons (Fsp3) is 0.227. The van der Waals surface area contributed by atoms with Gasteiger partial charge in [-0.05, 0) is 18.1 Å². The van der Waals surface area contributed by atoms with Gasteiger partial charge in [0.25, 0.3) is 5.56 Å². The normalized spacial score (nSPS) is 15.5. The Hall–Kier alpha value is -3.81. The molecule has 2 heterocycles. The first-order valence-electron chi connectivity index (χ1n) is 9.64. The van der Waals surface area contributed by atoms with Crippen LogP contribution in [0.3, 0.4) is 0 Å². The van der Waals surface area contributed by atoms with Gasteiger partial charge in [-0.25, -0.2) is 4.79 Å². The van der Waals surface area contributed by atoms with Gasteiger partial charge in [0.05, 0.1) is 18.9 Å². The quantitative estimate of drug-likeness (QED) is 0.580. The number of rotatable bonds is 6. The highest BCUT2D eigenvalue weighted by Gasteiger charge is 2.28. The van der Waals surface area contributed by atoms with Gasteiger partial charge in [-0.3, -0.25) is 14.3 Å². The van der Waals surface area contributed by atoms with Gasteiger partial charge in [-0.2, -0.15) is 5.10 Å². The molecular formula is C22H22N4O4. The van der Waals surface area contributed by atoms with Crippen molar-refractivity contribution in [1.29, 1.82) is 0 Å². The van der Waals surface area contributed by atoms with E-state index in [1.54, 1.807) is 7.11 Å². The minimum absolute atomic E-state index is 0.00700. The van der Waals surface area contributed by atoms with Crippen molar-refractivity contribution in [2.24, 2.45) is 5.10 Å². The number of hydrazone groups is 1. The van der Waals surface area contributed by atoms with Crippen LogP contribution in [0.15, 0.2) is 69.3 Å². The lowest BCUT2D eigenvalue weighted by atomic mass is 9.99. The number of nitrogens with one attached hydrogen (secondary N) is 2. The summed E-state index contributed by atoms with van der Waals surface area (Å²) in [5.74, 6) is 0.332. The molecule has 1 atom stereocenters. The third-order valence-corrected chi connectivity index (χ3v) is 5.19. The maximum absolute atomic E-state index is 12.5. The highest BCUT2D eigenvalue weighted by molar-refractivity contribution is 6.03. The maximum atomic E-state index is 12.5. The van der Waals surface area contributed by atoms with Crippen LogP contribution < -0.4 is 21.4 Å². The van der Waals surface area contributed by atoms with E-state index in [1.807, 2.05) is 54.6 Å². The Morgan fingerprint density at radius 1 is 1.13 bits per heavy atom. The molecule has 0 amide bonds. The van der Waals surface area contributed by atoms with Crippen molar-refractivity contribution in [1.82, 2.24) is 15.0 Å². The van der Waals surface area contributed by atoms with E-state index in [9.17, 15) is 14.7 Å². The molecule has 3 N–H and O–H groups in total. The summed E-state index contributed by atoms with van der Waals surface area (Å²) in [6.45, 7) is 0.231. The van der Waals surface area contributed by atoms with Gasteiger partial charge in [-0.15, -0.1) is 0 Å². The Morgan fingerprint density at radius 2 is 1.87 bits per heavy atom. The van der Waals surface area contributed by atoms with E-state index in [0.29, 0.717) is 24.3 Å². The summed E-state index contributed by atoms with van der Waals surface area (Å²) in [6.07, 6.45) is 0.905. The zero-order chi connectivity index (χ0) is 21.1. The summed E-state index contributed by atoms with van der Waals surface area (Å²) in [5, 5.41) is 15.0. The molecule has 1 aromatic heterocycles. The average Bonchev–Trinajstić information content (AvgIpc) is 3.23. The highest BCUT2D eigenvalue weighted by Crippen LogP contribution is 2.31. The van der Waals surface area contributed by atoms with E-state index in [0.717, 1.165) is 11.1 Å². The van der Waals surface area contributed by atoms with E-state index in [4.69, 9.17) is 4.74 Å². The second-order valence-corrected chi connectivity index (χ2v) is 7.03. The lowest BCUT2D eigenvalue weighted by Crippen LogP contribution is -2.34. The van der Waals surface area contributed by atoms with E-state index in [-0.39, 0.29) is 24.0 Å². The zero-order valence-corrected chi connectivity index (χ0v) is 16.5. The number of ether oxygens (including phenoxy) is 1. The van der Waals surface area contributed by atoms with Gasteiger partial charge < -0.3 is 15.3 Å². The fourth-order valence-electron chi connectivity index (χ4n) is 3.65. The van der Waals surface area contributed by atoms with E-state index in [2.05, 4.69) is 15.5 Å². The van der Waals surface area contributed by atoms with Crippen LogP contribution in [-0.4, -0.2) is 27.5 Å². The predicted molar refractivity (Wildman–Crippen MR) is 113 cm³/mol. The Labute approximate surface area is 172 Å². The average molecular weight is 406 g/mol. The van der Waals surface area contributed by atoms with Gasteiger partial charge in [0.1, 0.15) is 11.3 Å². The van der Waals surface area contributed by atoms with Crippen LogP contribution in [0.4, 0.5) is 0 Å². The largest absolute Gasteiger partial charge is 0.496 e. The lowest BCUT2D eigenvalue weighted by Gasteiger charge is -2.14. The molecule has 3 aromatic rings. The topological polar surface area (TPSA) is 109 Å². The first kappa shape index (κ1) is 19.5. The van der Waals surface area contributed by atoms with Crippen molar-refractivity contribution >= 4 is 5.71 Å². The number of nitrogens with zero attached hydrogens (tertiary/aromatic N) is 2. The summed E-state index contributed by atoms with van der Waals surface area (Å²) in [5.41, 5.74) is 4.00. The summed E-state index contributed by atoms with van der Waals surface area (Å²) < 4.78 is 6.57. The van der Waals surface area contributed by atoms with Crippen molar-refractivity contribution in [3.05, 3.63) is 92.1 Å². The van der Waals surface area contributed by atoms with Crippen molar-refractivity contribution in [2.75, 3.05) is 7.11 Å². The molecule has 0 fully saturated rings. The number of para-hydroxylation sites is 1. The Kier molecular flexibility index (Phi) is 5.38. The summed E-state index contributed by atoms with van der Waals surface area (Å²) in [7, 11) is 1.59. The highest BCUT2D eigenvalue weighted by atomic mass is 16.5. The summed E-state index contributed by atoms with van der Waals surface area (Å²) >= 11 is 0. The number of methoxy groups -OCH3 is 1. The van der Waals surface area contributed by atoms with Crippen LogP contribution in [0.5, 0.6) is 11.6 Å². The summed E-state index contributed by atoms with van der Waals surface area (Å²) in [6, 6.07) is 16.9. The number of aryl methyl sites for hydroxylation is 1. The van der Waals surface area contributed by atoms with E-state index >= 15 is 0 Å². The molecule has 0 radical (unpaired) electrons. The molecule has 30 heavy (non-hydrogen) atoms. The van der Waals surface area contributed by atoms with Crippen LogP contribution in [0, 0.1) is 0 Å². The van der Waals surface area contributed by atoms with Gasteiger partial charge in [0.15, 0.2) is 0 Å². The molecule has 0 spiro atoms. The molecular weight excluding hydrogens is 384 g/mol. The van der Waals surface area contributed by atoms with Gasteiger partial charge in [-0.1, -0.05) is 48.5 Å². The van der Waals surface area contributed by atoms with Gasteiger partial charge >= 0.3 is 5.69 Å². The number of benzene rings is 2. The zero-order valence-electron chi connectivity index (χ0n) is 16.5. The molecule has 4 rings (SSSR count). The molecule has 0 saturated heterocycles. The molecule has 0 unspecified atom stereocenters. The Morgan fingerprint density at radius 3 is 2.63 bits per heavy atom. The predicted octanol–water partition coefficient (Wildman–Crippen LogP) is 1.93. The van der Waals surface area contributed by atoms with Crippen LogP contribution in [0.25, 0.3) is 0 Å². The Bertz CT molecular complexity index is 1200. The van der Waals surface area contributed by atoms with Crippen molar-refractivity contribution in [3.63, 3.8) is 0 Å². The smallest absolute Gasteiger partial charge is 0.331 e. The second kappa shape index (κ2) is 8.28. The molecule has 8 heteroatoms. The molecule has 0 bridgehead atoms. The van der Waals surface area contributed by atoms with Crippen LogP contribution >= 0.6 is 0 Å². The van der Waals surface area contributed by atoms with Crippen LogP contribution in [0.2, 0.25) is 0 Å². The molecule has 1 aliphatic heterocycles. The number of aromatic amines is 1. The third-order valence-electron chi connectivity index (χ3n) is 5.19. The van der Waals surface area contributed by atoms with Crippen molar-refractivity contribution in [2.45, 2.75) is 25.4 Å². The fourth-order valence-corrected chi connectivity index (χ4v) is 3.65. The molecule has 1 aliphatic rings. The first-order valence-corrected chi connectivity index (χ1v) is 9.64. The minimum atomic E-state index is -0.658. The van der Waals surface area contributed by atoms with Gasteiger partial charge in [0.2, 0.25) is 5.88 Å². The van der Waals surface area contributed by atoms with Crippen molar-refractivity contribution < 1.29 is 9.84 Å². The molecule has 0 saturated carbocycles.